The van der Waals surface area contributed by atoms with Gasteiger partial charge in [-0.1, -0.05) is 6.92 Å². The first-order valence-corrected chi connectivity index (χ1v) is 8.69. The molecule has 130 valence electrons. The van der Waals surface area contributed by atoms with Gasteiger partial charge in [-0.15, -0.1) is 0 Å². The zero-order valence-corrected chi connectivity index (χ0v) is 14.9. The summed E-state index contributed by atoms with van der Waals surface area (Å²) in [5, 5.41) is 3.21. The van der Waals surface area contributed by atoms with Crippen LogP contribution in [0.15, 0.2) is 9.41 Å². The van der Waals surface area contributed by atoms with E-state index in [0.29, 0.717) is 17.9 Å². The molecule has 2 rings (SSSR count). The summed E-state index contributed by atoms with van der Waals surface area (Å²) in [4.78, 5) is 11.4. The van der Waals surface area contributed by atoms with Crippen molar-refractivity contribution in [2.45, 2.75) is 59.5 Å². The Morgan fingerprint density at radius 1 is 1.43 bits per heavy atom. The number of aliphatic imine (C=N–C) groups is 1. The lowest BCUT2D eigenvalue weighted by atomic mass is 9.97. The average Bonchev–Trinajstić information content (AvgIpc) is 2.84. The molecule has 1 saturated heterocycles. The van der Waals surface area contributed by atoms with E-state index >= 15 is 0 Å². The van der Waals surface area contributed by atoms with Crippen LogP contribution >= 0.6 is 0 Å². The summed E-state index contributed by atoms with van der Waals surface area (Å²) in [6.07, 6.45) is 3.35. The second-order valence-corrected chi connectivity index (χ2v) is 6.65. The smallest absolute Gasteiger partial charge is 0.208 e. The summed E-state index contributed by atoms with van der Waals surface area (Å²) < 4.78 is 5.67. The van der Waals surface area contributed by atoms with Crippen LogP contribution in [0.3, 0.4) is 0 Å². The van der Waals surface area contributed by atoms with Crippen molar-refractivity contribution in [3.8, 4) is 0 Å². The van der Waals surface area contributed by atoms with Crippen molar-refractivity contribution < 1.29 is 4.42 Å². The maximum atomic E-state index is 5.92. The van der Waals surface area contributed by atoms with Gasteiger partial charge in [-0.05, 0) is 59.0 Å². The lowest BCUT2D eigenvalue weighted by Gasteiger charge is -2.30. The van der Waals surface area contributed by atoms with Gasteiger partial charge in [0, 0.05) is 12.6 Å². The molecule has 0 bridgehead atoms. The molecule has 0 spiro atoms. The number of piperidine rings is 1. The summed E-state index contributed by atoms with van der Waals surface area (Å²) in [5.41, 5.74) is 6.92. The maximum Gasteiger partial charge on any atom is 0.208 e. The van der Waals surface area contributed by atoms with Crippen LogP contribution < -0.4 is 11.1 Å². The molecule has 0 radical (unpaired) electrons. The zero-order valence-electron chi connectivity index (χ0n) is 14.9. The van der Waals surface area contributed by atoms with E-state index in [1.165, 1.54) is 0 Å². The highest BCUT2D eigenvalue weighted by molar-refractivity contribution is 5.78. The second-order valence-electron chi connectivity index (χ2n) is 6.65. The Morgan fingerprint density at radius 2 is 2.13 bits per heavy atom. The quantitative estimate of drug-likeness (QED) is 0.620. The molecule has 0 saturated carbocycles. The third-order valence-electron chi connectivity index (χ3n) is 4.67. The number of likely N-dealkylation sites (tertiary alicyclic amines) is 1. The fourth-order valence-corrected chi connectivity index (χ4v) is 2.75. The zero-order chi connectivity index (χ0) is 16.8. The van der Waals surface area contributed by atoms with Gasteiger partial charge < -0.3 is 15.5 Å². The van der Waals surface area contributed by atoms with E-state index in [-0.39, 0.29) is 0 Å². The van der Waals surface area contributed by atoms with Crippen LogP contribution in [0, 0.1) is 19.8 Å². The molecule has 6 nitrogen and oxygen atoms in total. The monoisotopic (exact) mass is 321 g/mol. The number of aromatic nitrogens is 1. The highest BCUT2D eigenvalue weighted by Crippen LogP contribution is 2.20. The van der Waals surface area contributed by atoms with Crippen molar-refractivity contribution >= 4 is 5.96 Å². The average molecular weight is 321 g/mol. The number of nitrogens with zero attached hydrogens (tertiary/aromatic N) is 3. The number of oxazole rings is 1. The van der Waals surface area contributed by atoms with E-state index in [9.17, 15) is 0 Å². The largest absolute Gasteiger partial charge is 0.444 e. The Kier molecular flexibility index (Phi) is 6.45. The van der Waals surface area contributed by atoms with Crippen molar-refractivity contribution in [2.75, 3.05) is 19.6 Å². The predicted molar refractivity (Wildman–Crippen MR) is 93.4 cm³/mol. The molecule has 3 N–H and O–H groups in total. The Morgan fingerprint density at radius 3 is 2.70 bits per heavy atom. The van der Waals surface area contributed by atoms with Crippen molar-refractivity contribution in [3.63, 3.8) is 0 Å². The van der Waals surface area contributed by atoms with Crippen LogP contribution in [0.4, 0.5) is 0 Å². The van der Waals surface area contributed by atoms with Gasteiger partial charge in [0.1, 0.15) is 5.76 Å². The molecule has 0 aliphatic carbocycles. The van der Waals surface area contributed by atoms with Crippen molar-refractivity contribution in [1.29, 1.82) is 0 Å². The van der Waals surface area contributed by atoms with Gasteiger partial charge in [0.05, 0.1) is 12.2 Å². The molecular formula is C17H31N5O. The molecule has 1 aliphatic rings. The first-order chi connectivity index (χ1) is 11.0. The SMILES string of the molecule is CCC(C)NC(N)=NCC1CCN(Cc2nc(C)c(C)o2)CC1. The van der Waals surface area contributed by atoms with Gasteiger partial charge >= 0.3 is 0 Å². The van der Waals surface area contributed by atoms with E-state index in [0.717, 1.165) is 62.8 Å². The van der Waals surface area contributed by atoms with Crippen molar-refractivity contribution in [1.82, 2.24) is 15.2 Å². The minimum Gasteiger partial charge on any atom is -0.444 e. The van der Waals surface area contributed by atoms with Gasteiger partial charge in [0.15, 0.2) is 5.96 Å². The third-order valence-corrected chi connectivity index (χ3v) is 4.67. The molecule has 23 heavy (non-hydrogen) atoms. The Labute approximate surface area is 139 Å². The minimum atomic E-state index is 0.383. The molecule has 6 heteroatoms. The molecule has 0 aromatic carbocycles. The van der Waals surface area contributed by atoms with E-state index in [2.05, 4.69) is 34.0 Å². The van der Waals surface area contributed by atoms with Gasteiger partial charge in [-0.25, -0.2) is 4.98 Å². The lowest BCUT2D eigenvalue weighted by Crippen LogP contribution is -2.39. The summed E-state index contributed by atoms with van der Waals surface area (Å²) in [5.74, 6) is 2.95. The van der Waals surface area contributed by atoms with Crippen molar-refractivity contribution in [3.05, 3.63) is 17.3 Å². The molecule has 1 aliphatic heterocycles. The number of hydrogen-bond donors (Lipinski definition) is 2. The fraction of sp³-hybridized carbons (Fsp3) is 0.765. The van der Waals surface area contributed by atoms with Crippen LogP contribution in [0.25, 0.3) is 0 Å². The Bertz CT molecular complexity index is 498. The van der Waals surface area contributed by atoms with Gasteiger partial charge in [0.2, 0.25) is 5.89 Å². The minimum absolute atomic E-state index is 0.383. The first kappa shape index (κ1) is 17.8. The van der Waals surface area contributed by atoms with Gasteiger partial charge in [0.25, 0.3) is 0 Å². The molecular weight excluding hydrogens is 290 g/mol. The van der Waals surface area contributed by atoms with E-state index in [1.807, 2.05) is 13.8 Å². The van der Waals surface area contributed by atoms with E-state index in [4.69, 9.17) is 10.2 Å². The second kappa shape index (κ2) is 8.34. The number of hydrogen-bond acceptors (Lipinski definition) is 4. The normalized spacial score (nSPS) is 19.0. The van der Waals surface area contributed by atoms with Crippen LogP contribution in [-0.2, 0) is 6.54 Å². The van der Waals surface area contributed by atoms with Crippen molar-refractivity contribution in [2.24, 2.45) is 16.6 Å². The van der Waals surface area contributed by atoms with E-state index < -0.39 is 0 Å². The number of guanidine groups is 1. The first-order valence-electron chi connectivity index (χ1n) is 8.69. The molecule has 1 aromatic heterocycles. The number of aryl methyl sites for hydroxylation is 2. The Balaban J connectivity index is 1.72. The standard InChI is InChI=1S/C17H31N5O/c1-5-12(2)20-17(18)19-10-15-6-8-22(9-7-15)11-16-21-13(3)14(4)23-16/h12,15H,5-11H2,1-4H3,(H3,18,19,20). The molecule has 1 aromatic rings. The topological polar surface area (TPSA) is 79.7 Å². The summed E-state index contributed by atoms with van der Waals surface area (Å²) in [6, 6.07) is 0.383. The summed E-state index contributed by atoms with van der Waals surface area (Å²) in [7, 11) is 0. The molecule has 0 amide bonds. The maximum absolute atomic E-state index is 5.92. The highest BCUT2D eigenvalue weighted by atomic mass is 16.4. The summed E-state index contributed by atoms with van der Waals surface area (Å²) >= 11 is 0. The molecule has 2 heterocycles. The van der Waals surface area contributed by atoms with Crippen LogP contribution in [-0.4, -0.2) is 41.5 Å². The van der Waals surface area contributed by atoms with Gasteiger partial charge in [-0.3, -0.25) is 9.89 Å². The van der Waals surface area contributed by atoms with E-state index in [1.54, 1.807) is 0 Å². The molecule has 1 fully saturated rings. The van der Waals surface area contributed by atoms with Crippen LogP contribution in [0.5, 0.6) is 0 Å². The number of nitrogens with two attached hydrogens (primary N) is 1. The third kappa shape index (κ3) is 5.53. The highest BCUT2D eigenvalue weighted by Gasteiger charge is 2.20. The van der Waals surface area contributed by atoms with Crippen LogP contribution in [0.1, 0.15) is 50.5 Å². The fourth-order valence-electron chi connectivity index (χ4n) is 2.75. The summed E-state index contributed by atoms with van der Waals surface area (Å²) in [6.45, 7) is 12.0. The predicted octanol–water partition coefficient (Wildman–Crippen LogP) is 2.21. The Hall–Kier alpha value is -1.56. The lowest BCUT2D eigenvalue weighted by molar-refractivity contribution is 0.166. The number of rotatable bonds is 6. The molecule has 1 atom stereocenters. The number of nitrogens with one attached hydrogen (secondary N) is 1. The van der Waals surface area contributed by atoms with Gasteiger partial charge in [-0.2, -0.15) is 0 Å². The van der Waals surface area contributed by atoms with Crippen LogP contribution in [0.2, 0.25) is 0 Å². The molecule has 1 unspecified atom stereocenters.